The molecule has 1 aliphatic carbocycles. The van der Waals surface area contributed by atoms with Crippen molar-refractivity contribution in [2.45, 2.75) is 18.9 Å². The Morgan fingerprint density at radius 3 is 3.00 bits per heavy atom. The van der Waals surface area contributed by atoms with E-state index in [9.17, 15) is 10.1 Å². The predicted molar refractivity (Wildman–Crippen MR) is 83.7 cm³/mol. The number of anilines is 1. The van der Waals surface area contributed by atoms with Gasteiger partial charge in [-0.15, -0.1) is 11.3 Å². The Labute approximate surface area is 130 Å². The van der Waals surface area contributed by atoms with Crippen molar-refractivity contribution in [3.05, 3.63) is 49.2 Å². The first kappa shape index (κ1) is 14.2. The van der Waals surface area contributed by atoms with Gasteiger partial charge in [-0.3, -0.25) is 10.1 Å². The highest BCUT2D eigenvalue weighted by Gasteiger charge is 2.25. The molecule has 0 aliphatic heterocycles. The highest BCUT2D eigenvalue weighted by atomic mass is 35.5. The van der Waals surface area contributed by atoms with Gasteiger partial charge in [0.1, 0.15) is 0 Å². The molecule has 1 aliphatic rings. The fourth-order valence-electron chi connectivity index (χ4n) is 2.60. The average Bonchev–Trinajstić information content (AvgIpc) is 2.99. The normalized spacial score (nSPS) is 16.6. The molecule has 0 spiro atoms. The summed E-state index contributed by atoms with van der Waals surface area (Å²) in [6, 6.07) is 7.03. The molecule has 0 fully saturated rings. The van der Waals surface area contributed by atoms with E-state index < -0.39 is 4.92 Å². The van der Waals surface area contributed by atoms with Crippen LogP contribution in [0.1, 0.15) is 22.9 Å². The Morgan fingerprint density at radius 1 is 1.48 bits per heavy atom. The van der Waals surface area contributed by atoms with Gasteiger partial charge < -0.3 is 10.1 Å². The van der Waals surface area contributed by atoms with Gasteiger partial charge in [0.2, 0.25) is 0 Å². The average molecular weight is 325 g/mol. The van der Waals surface area contributed by atoms with E-state index in [4.69, 9.17) is 16.3 Å². The minimum Gasteiger partial charge on any atom is -0.490 e. The summed E-state index contributed by atoms with van der Waals surface area (Å²) in [5.41, 5.74) is 1.87. The third-order valence-electron chi connectivity index (χ3n) is 3.56. The molecule has 3 rings (SSSR count). The zero-order valence-electron chi connectivity index (χ0n) is 11.3. The molecule has 7 heteroatoms. The lowest BCUT2D eigenvalue weighted by Crippen LogP contribution is -2.07. The van der Waals surface area contributed by atoms with Crippen molar-refractivity contribution in [1.29, 1.82) is 0 Å². The number of nitro groups is 1. The van der Waals surface area contributed by atoms with E-state index in [1.165, 1.54) is 23.6 Å². The molecule has 5 nitrogen and oxygen atoms in total. The number of aryl methyl sites for hydroxylation is 1. The van der Waals surface area contributed by atoms with E-state index >= 15 is 0 Å². The molecule has 1 N–H and O–H groups in total. The fourth-order valence-corrected chi connectivity index (χ4v) is 3.96. The van der Waals surface area contributed by atoms with Gasteiger partial charge in [-0.05, 0) is 36.6 Å². The number of nitrogens with one attached hydrogen (secondary N) is 1. The number of rotatable bonds is 4. The van der Waals surface area contributed by atoms with Crippen molar-refractivity contribution in [2.75, 3.05) is 12.4 Å². The van der Waals surface area contributed by atoms with Crippen LogP contribution in [0.25, 0.3) is 0 Å². The van der Waals surface area contributed by atoms with E-state index in [0.717, 1.165) is 17.2 Å². The second-order valence-corrected chi connectivity index (χ2v) is 6.58. The van der Waals surface area contributed by atoms with Gasteiger partial charge in [0.05, 0.1) is 22.4 Å². The molecule has 2 aromatic rings. The first-order valence-corrected chi connectivity index (χ1v) is 7.65. The first-order chi connectivity index (χ1) is 10.1. The Morgan fingerprint density at radius 2 is 2.29 bits per heavy atom. The Hall–Kier alpha value is -1.79. The van der Waals surface area contributed by atoms with Crippen molar-refractivity contribution in [3.63, 3.8) is 0 Å². The molecule has 0 saturated carbocycles. The third-order valence-corrected chi connectivity index (χ3v) is 4.90. The highest BCUT2D eigenvalue weighted by Crippen LogP contribution is 2.41. The van der Waals surface area contributed by atoms with Gasteiger partial charge in [0, 0.05) is 16.6 Å². The second-order valence-electron chi connectivity index (χ2n) is 4.81. The Bertz CT molecular complexity index is 702. The summed E-state index contributed by atoms with van der Waals surface area (Å²) in [4.78, 5) is 11.9. The molecule has 0 bridgehead atoms. The lowest BCUT2D eigenvalue weighted by Gasteiger charge is -2.15. The van der Waals surface area contributed by atoms with Crippen molar-refractivity contribution in [2.24, 2.45) is 0 Å². The van der Waals surface area contributed by atoms with Crippen LogP contribution in [0.4, 0.5) is 11.4 Å². The zero-order valence-corrected chi connectivity index (χ0v) is 12.8. The van der Waals surface area contributed by atoms with Crippen LogP contribution in [-0.2, 0) is 6.42 Å². The number of halogens is 1. The molecule has 1 unspecified atom stereocenters. The fraction of sp³-hybridized carbons (Fsp3) is 0.286. The number of methoxy groups -OCH3 is 1. The van der Waals surface area contributed by atoms with Crippen LogP contribution in [-0.4, -0.2) is 12.0 Å². The monoisotopic (exact) mass is 324 g/mol. The van der Waals surface area contributed by atoms with E-state index in [-0.39, 0.29) is 17.5 Å². The summed E-state index contributed by atoms with van der Waals surface area (Å²) in [5, 5.41) is 14.4. The SMILES string of the molecule is COc1ccc(NC2CCc3sc(Cl)cc32)cc1[N+](=O)[O-]. The summed E-state index contributed by atoms with van der Waals surface area (Å²) in [6.45, 7) is 0. The lowest BCUT2D eigenvalue weighted by molar-refractivity contribution is -0.385. The smallest absolute Gasteiger partial charge is 0.312 e. The number of benzene rings is 1. The van der Waals surface area contributed by atoms with Crippen molar-refractivity contribution < 1.29 is 9.66 Å². The zero-order chi connectivity index (χ0) is 15.0. The van der Waals surface area contributed by atoms with E-state index in [1.807, 2.05) is 6.07 Å². The molecule has 1 atom stereocenters. The van der Waals surface area contributed by atoms with Gasteiger partial charge in [-0.1, -0.05) is 11.6 Å². The third kappa shape index (κ3) is 2.69. The van der Waals surface area contributed by atoms with Crippen LogP contribution < -0.4 is 10.1 Å². The van der Waals surface area contributed by atoms with Gasteiger partial charge in [0.25, 0.3) is 0 Å². The molecule has 1 heterocycles. The van der Waals surface area contributed by atoms with Gasteiger partial charge in [-0.25, -0.2) is 0 Å². The van der Waals surface area contributed by atoms with E-state index in [1.54, 1.807) is 23.5 Å². The second kappa shape index (κ2) is 5.54. The van der Waals surface area contributed by atoms with Crippen LogP contribution in [0, 0.1) is 10.1 Å². The van der Waals surface area contributed by atoms with E-state index in [2.05, 4.69) is 5.32 Å². The molecule has 21 heavy (non-hydrogen) atoms. The van der Waals surface area contributed by atoms with Gasteiger partial charge in [-0.2, -0.15) is 0 Å². The lowest BCUT2D eigenvalue weighted by atomic mass is 10.1. The summed E-state index contributed by atoms with van der Waals surface area (Å²) in [6.07, 6.45) is 1.96. The topological polar surface area (TPSA) is 64.4 Å². The molecule has 110 valence electrons. The molecular weight excluding hydrogens is 312 g/mol. The van der Waals surface area contributed by atoms with Crippen molar-refractivity contribution in [3.8, 4) is 5.75 Å². The standard InChI is InChI=1S/C14H13ClN2O3S/c1-20-12-4-2-8(6-11(12)17(18)19)16-10-3-5-13-9(10)7-14(15)21-13/h2,4,6-7,10,16H,3,5H2,1H3. The maximum atomic E-state index is 11.1. The van der Waals surface area contributed by atoms with Crippen LogP contribution in [0.2, 0.25) is 4.34 Å². The number of hydrogen-bond acceptors (Lipinski definition) is 5. The van der Waals surface area contributed by atoms with Crippen LogP contribution in [0.15, 0.2) is 24.3 Å². The number of fused-ring (bicyclic) bond motifs is 1. The summed E-state index contributed by atoms with van der Waals surface area (Å²) < 4.78 is 5.79. The van der Waals surface area contributed by atoms with Gasteiger partial charge >= 0.3 is 5.69 Å². The van der Waals surface area contributed by atoms with E-state index in [0.29, 0.717) is 5.69 Å². The van der Waals surface area contributed by atoms with Crippen LogP contribution in [0.5, 0.6) is 5.75 Å². The van der Waals surface area contributed by atoms with Crippen molar-refractivity contribution >= 4 is 34.3 Å². The molecule has 0 amide bonds. The summed E-state index contributed by atoms with van der Waals surface area (Å²) >= 11 is 7.64. The van der Waals surface area contributed by atoms with Gasteiger partial charge in [0.15, 0.2) is 5.75 Å². The maximum Gasteiger partial charge on any atom is 0.312 e. The molecule has 0 saturated heterocycles. The number of thiophene rings is 1. The molecule has 1 aromatic carbocycles. The number of hydrogen-bond donors (Lipinski definition) is 1. The maximum absolute atomic E-state index is 11.1. The highest BCUT2D eigenvalue weighted by molar-refractivity contribution is 7.16. The summed E-state index contributed by atoms with van der Waals surface area (Å²) in [7, 11) is 1.42. The minimum absolute atomic E-state index is 0.0379. The number of nitrogens with zero attached hydrogens (tertiary/aromatic N) is 1. The van der Waals surface area contributed by atoms with Crippen LogP contribution >= 0.6 is 22.9 Å². The Kier molecular flexibility index (Phi) is 3.73. The number of nitro benzene ring substituents is 1. The largest absolute Gasteiger partial charge is 0.490 e. The molecular formula is C14H13ClN2O3S. The van der Waals surface area contributed by atoms with Crippen molar-refractivity contribution in [1.82, 2.24) is 0 Å². The first-order valence-electron chi connectivity index (χ1n) is 6.45. The number of ether oxygens (including phenoxy) is 1. The quantitative estimate of drug-likeness (QED) is 0.668. The summed E-state index contributed by atoms with van der Waals surface area (Å²) in [5.74, 6) is 0.260. The Balaban J connectivity index is 1.86. The molecule has 0 radical (unpaired) electrons. The van der Waals surface area contributed by atoms with Crippen LogP contribution in [0.3, 0.4) is 0 Å². The minimum atomic E-state index is -0.439. The molecule has 1 aromatic heterocycles. The predicted octanol–water partition coefficient (Wildman–Crippen LogP) is 4.42.